The topological polar surface area (TPSA) is 72.8 Å². The van der Waals surface area contributed by atoms with Gasteiger partial charge in [0.25, 0.3) is 0 Å². The van der Waals surface area contributed by atoms with E-state index in [0.29, 0.717) is 12.0 Å². The Morgan fingerprint density at radius 3 is 2.48 bits per heavy atom. The van der Waals surface area contributed by atoms with E-state index in [-0.39, 0.29) is 30.1 Å². The quantitative estimate of drug-likeness (QED) is 0.344. The van der Waals surface area contributed by atoms with Gasteiger partial charge in [-0.05, 0) is 58.4 Å². The molecule has 1 rings (SSSR count). The molecule has 5 nitrogen and oxygen atoms in total. The van der Waals surface area contributed by atoms with E-state index in [2.05, 4.69) is 32.9 Å². The second-order valence-electron chi connectivity index (χ2n) is 9.31. The van der Waals surface area contributed by atoms with Crippen molar-refractivity contribution in [3.05, 3.63) is 47.1 Å². The summed E-state index contributed by atoms with van der Waals surface area (Å²) in [5.41, 5.74) is 2.28. The molecule has 0 aromatic rings. The predicted octanol–water partition coefficient (Wildman–Crippen LogP) is 5.11. The van der Waals surface area contributed by atoms with Crippen LogP contribution >= 0.6 is 0 Å². The molecule has 1 aliphatic carbocycles. The molecular weight excluding hydrogens is 392 g/mol. The third-order valence-corrected chi connectivity index (χ3v) is 5.75. The van der Waals surface area contributed by atoms with Crippen LogP contribution in [0.4, 0.5) is 0 Å². The predicted molar refractivity (Wildman–Crippen MR) is 125 cm³/mol. The van der Waals surface area contributed by atoms with Crippen LogP contribution in [0.3, 0.4) is 0 Å². The minimum Gasteiger partial charge on any atom is -0.455 e. The first kappa shape index (κ1) is 27.1. The Kier molecular flexibility index (Phi) is 11.1. The minimum atomic E-state index is -0.528. The normalized spacial score (nSPS) is 28.7. The van der Waals surface area contributed by atoms with E-state index in [1.54, 1.807) is 7.11 Å². The van der Waals surface area contributed by atoms with Crippen LogP contribution in [-0.4, -0.2) is 42.8 Å². The number of aliphatic hydroxyl groups excluding tert-OH is 1. The SMILES string of the molecule is CO[C@@H]1CC(=O)/C(CO)=C\C[C@](C)(CCC=C(C)C)C=C[C@@H](OC(=O)C=C(C)C)[C@H]1C. The third kappa shape index (κ3) is 9.36. The molecule has 0 unspecified atom stereocenters. The minimum absolute atomic E-state index is 0.128. The highest BCUT2D eigenvalue weighted by Gasteiger charge is 2.31. The summed E-state index contributed by atoms with van der Waals surface area (Å²) >= 11 is 0. The molecule has 0 aromatic carbocycles. The van der Waals surface area contributed by atoms with Gasteiger partial charge in [-0.1, -0.05) is 43.2 Å². The van der Waals surface area contributed by atoms with E-state index in [0.717, 1.165) is 18.4 Å². The highest BCUT2D eigenvalue weighted by atomic mass is 16.5. The van der Waals surface area contributed by atoms with Crippen molar-refractivity contribution in [1.82, 2.24) is 0 Å². The van der Waals surface area contributed by atoms with E-state index in [1.165, 1.54) is 11.6 Å². The van der Waals surface area contributed by atoms with Gasteiger partial charge >= 0.3 is 5.97 Å². The number of hydrogen-bond donors (Lipinski definition) is 1. The summed E-state index contributed by atoms with van der Waals surface area (Å²) in [4.78, 5) is 25.2. The average molecular weight is 433 g/mol. The van der Waals surface area contributed by atoms with Crippen LogP contribution < -0.4 is 0 Å². The maximum Gasteiger partial charge on any atom is 0.331 e. The molecule has 0 aromatic heterocycles. The number of allylic oxidation sites excluding steroid dienone is 5. The van der Waals surface area contributed by atoms with Gasteiger partial charge in [0.05, 0.1) is 12.7 Å². The number of hydrogen-bond acceptors (Lipinski definition) is 5. The fourth-order valence-electron chi connectivity index (χ4n) is 3.63. The van der Waals surface area contributed by atoms with Crippen LogP contribution in [0.1, 0.15) is 67.2 Å². The number of methoxy groups -OCH3 is 1. The highest BCUT2D eigenvalue weighted by Crippen LogP contribution is 2.33. The Hall–Kier alpha value is -1.98. The summed E-state index contributed by atoms with van der Waals surface area (Å²) in [6.07, 6.45) is 11.1. The zero-order chi connectivity index (χ0) is 23.6. The number of carbonyl (C=O) groups excluding carboxylic acids is 2. The number of esters is 1. The Morgan fingerprint density at radius 1 is 1.26 bits per heavy atom. The molecule has 1 N–H and O–H groups in total. The summed E-state index contributed by atoms with van der Waals surface area (Å²) in [5.74, 6) is -0.776. The summed E-state index contributed by atoms with van der Waals surface area (Å²) in [5, 5.41) is 9.78. The van der Waals surface area contributed by atoms with Crippen LogP contribution in [0.2, 0.25) is 0 Å². The molecule has 1 aliphatic rings. The van der Waals surface area contributed by atoms with Crippen LogP contribution in [0, 0.1) is 11.3 Å². The zero-order valence-electron chi connectivity index (χ0n) is 20.2. The van der Waals surface area contributed by atoms with E-state index >= 15 is 0 Å². The van der Waals surface area contributed by atoms with Gasteiger partial charge in [-0.3, -0.25) is 4.79 Å². The number of Topliss-reactive ketones (excluding diaryl/α,β-unsaturated/α-hetero) is 1. The lowest BCUT2D eigenvalue weighted by Crippen LogP contribution is -2.35. The molecule has 0 heterocycles. The summed E-state index contributed by atoms with van der Waals surface area (Å²) in [6.45, 7) is 11.6. The molecule has 0 fully saturated rings. The van der Waals surface area contributed by atoms with Crippen molar-refractivity contribution >= 4 is 11.8 Å². The van der Waals surface area contributed by atoms with Crippen LogP contribution in [0.15, 0.2) is 47.1 Å². The van der Waals surface area contributed by atoms with Crippen molar-refractivity contribution in [2.75, 3.05) is 13.7 Å². The number of ether oxygens (including phenoxy) is 2. The second-order valence-corrected chi connectivity index (χ2v) is 9.31. The summed E-state index contributed by atoms with van der Waals surface area (Å²) in [6, 6.07) is 0. The first-order valence-corrected chi connectivity index (χ1v) is 11.1. The molecule has 0 amide bonds. The van der Waals surface area contributed by atoms with Crippen LogP contribution in [-0.2, 0) is 19.1 Å². The summed E-state index contributed by atoms with van der Waals surface area (Å²) in [7, 11) is 1.55. The lowest BCUT2D eigenvalue weighted by molar-refractivity contribution is -0.145. The molecule has 0 saturated carbocycles. The van der Waals surface area contributed by atoms with Crippen molar-refractivity contribution in [1.29, 1.82) is 0 Å². The lowest BCUT2D eigenvalue weighted by atomic mass is 9.80. The van der Waals surface area contributed by atoms with Gasteiger partial charge in [0.2, 0.25) is 0 Å². The van der Waals surface area contributed by atoms with E-state index < -0.39 is 18.2 Å². The second kappa shape index (κ2) is 12.8. The van der Waals surface area contributed by atoms with E-state index in [9.17, 15) is 14.7 Å². The van der Waals surface area contributed by atoms with Crippen molar-refractivity contribution in [3.8, 4) is 0 Å². The fraction of sp³-hybridized carbons (Fsp3) is 0.615. The van der Waals surface area contributed by atoms with E-state index in [4.69, 9.17) is 9.47 Å². The average Bonchev–Trinajstić information content (AvgIpc) is 2.69. The van der Waals surface area contributed by atoms with Gasteiger partial charge in [-0.2, -0.15) is 0 Å². The summed E-state index contributed by atoms with van der Waals surface area (Å²) < 4.78 is 11.4. The molecule has 0 bridgehead atoms. The van der Waals surface area contributed by atoms with Gasteiger partial charge in [0, 0.05) is 31.1 Å². The fourth-order valence-corrected chi connectivity index (χ4v) is 3.63. The van der Waals surface area contributed by atoms with Crippen LogP contribution in [0.5, 0.6) is 0 Å². The number of carbonyl (C=O) groups is 2. The van der Waals surface area contributed by atoms with Crippen molar-refractivity contribution in [2.24, 2.45) is 11.3 Å². The molecule has 0 radical (unpaired) electrons. The van der Waals surface area contributed by atoms with Gasteiger partial charge in [0.1, 0.15) is 6.10 Å². The molecule has 5 heteroatoms. The van der Waals surface area contributed by atoms with Crippen molar-refractivity contribution in [2.45, 2.75) is 79.4 Å². The Bertz CT molecular complexity index is 735. The highest BCUT2D eigenvalue weighted by molar-refractivity contribution is 5.95. The van der Waals surface area contributed by atoms with Crippen LogP contribution in [0.25, 0.3) is 0 Å². The monoisotopic (exact) mass is 432 g/mol. The maximum atomic E-state index is 12.8. The molecule has 0 spiro atoms. The maximum absolute atomic E-state index is 12.8. The van der Waals surface area contributed by atoms with Gasteiger partial charge in [0.15, 0.2) is 5.78 Å². The lowest BCUT2D eigenvalue weighted by Gasteiger charge is -2.29. The molecule has 4 atom stereocenters. The number of rotatable bonds is 7. The first-order valence-electron chi connectivity index (χ1n) is 11.1. The van der Waals surface area contributed by atoms with Crippen molar-refractivity contribution in [3.63, 3.8) is 0 Å². The molecule has 174 valence electrons. The molecule has 31 heavy (non-hydrogen) atoms. The van der Waals surface area contributed by atoms with Gasteiger partial charge in [-0.15, -0.1) is 0 Å². The Balaban J connectivity index is 3.35. The Labute approximate surface area is 187 Å². The van der Waals surface area contributed by atoms with Crippen molar-refractivity contribution < 1.29 is 24.2 Å². The number of aliphatic hydroxyl groups is 1. The van der Waals surface area contributed by atoms with E-state index in [1.807, 2.05) is 32.9 Å². The smallest absolute Gasteiger partial charge is 0.331 e. The number of ketones is 1. The molecule has 0 aliphatic heterocycles. The third-order valence-electron chi connectivity index (χ3n) is 5.75. The van der Waals surface area contributed by atoms with Gasteiger partial charge in [-0.25, -0.2) is 4.79 Å². The molecular formula is C26H40O5. The standard InChI is InChI=1S/C26H40O5/c1-18(2)9-8-12-26(6)13-10-21(17-27)22(28)16-24(30-7)20(5)23(11-14-26)31-25(29)15-19(3)4/h9-11,14-15,20,23-24,27H,8,12-13,16-17H2,1-7H3/b14-11?,21-10-/t20-,23-,24-,26+/m1/s1. The van der Waals surface area contributed by atoms with Gasteiger partial charge < -0.3 is 14.6 Å². The molecule has 0 saturated heterocycles. The largest absolute Gasteiger partial charge is 0.455 e. The Morgan fingerprint density at radius 2 is 1.94 bits per heavy atom. The zero-order valence-corrected chi connectivity index (χ0v) is 20.2. The first-order chi connectivity index (χ1) is 14.5.